The van der Waals surface area contributed by atoms with Crippen LogP contribution in [0.2, 0.25) is 5.02 Å². The monoisotopic (exact) mass is 326 g/mol. The summed E-state index contributed by atoms with van der Waals surface area (Å²) in [4.78, 5) is 4.09. The van der Waals surface area contributed by atoms with Gasteiger partial charge in [-0.3, -0.25) is 0 Å². The van der Waals surface area contributed by atoms with Crippen LogP contribution in [0.15, 0.2) is 60.8 Å². The van der Waals surface area contributed by atoms with Gasteiger partial charge in [-0.15, -0.1) is 0 Å². The summed E-state index contributed by atoms with van der Waals surface area (Å²) in [6.45, 7) is 0. The first kappa shape index (κ1) is 15.2. The third-order valence-electron chi connectivity index (χ3n) is 3.36. The number of hydrogen-bond donors (Lipinski definition) is 1. The van der Waals surface area contributed by atoms with Crippen LogP contribution in [0, 0.1) is 0 Å². The molecule has 0 aliphatic carbocycles. The molecule has 1 aromatic heterocycles. The van der Waals surface area contributed by atoms with Crippen molar-refractivity contribution < 1.29 is 9.47 Å². The molecule has 0 aliphatic rings. The minimum absolute atomic E-state index is 0.503. The second kappa shape index (κ2) is 6.58. The van der Waals surface area contributed by atoms with E-state index in [0.717, 1.165) is 11.1 Å². The van der Waals surface area contributed by atoms with Gasteiger partial charge in [0.1, 0.15) is 23.1 Å². The smallest absolute Gasteiger partial charge is 0.141 e. The molecule has 5 heteroatoms. The van der Waals surface area contributed by atoms with Gasteiger partial charge >= 0.3 is 0 Å². The number of methoxy groups -OCH3 is 1. The maximum absolute atomic E-state index is 6.00. The Balaban J connectivity index is 1.82. The molecule has 0 radical (unpaired) electrons. The van der Waals surface area contributed by atoms with Crippen molar-refractivity contribution in [3.8, 4) is 28.4 Å². The van der Waals surface area contributed by atoms with Gasteiger partial charge in [0, 0.05) is 17.8 Å². The first-order valence-corrected chi connectivity index (χ1v) is 7.37. The molecule has 0 unspecified atom stereocenters. The number of ether oxygens (including phenoxy) is 2. The van der Waals surface area contributed by atoms with Gasteiger partial charge in [-0.1, -0.05) is 23.7 Å². The first-order valence-electron chi connectivity index (χ1n) is 6.99. The van der Waals surface area contributed by atoms with Crippen molar-refractivity contribution in [1.29, 1.82) is 0 Å². The van der Waals surface area contributed by atoms with Crippen LogP contribution in [-0.2, 0) is 0 Å². The van der Waals surface area contributed by atoms with Crippen molar-refractivity contribution in [1.82, 2.24) is 4.98 Å². The number of anilines is 1. The van der Waals surface area contributed by atoms with E-state index in [9.17, 15) is 0 Å². The Morgan fingerprint density at radius 2 is 1.74 bits per heavy atom. The standard InChI is InChI=1S/C18H15ClN2O2/c1-22-17-11-14(8-9-16(17)19)23-13-6-4-12(5-7-13)15-3-2-10-21-18(15)20/h2-11H,1H3,(H2,20,21). The molecule has 0 fully saturated rings. The Hall–Kier alpha value is -2.72. The van der Waals surface area contributed by atoms with Crippen molar-refractivity contribution in [3.05, 3.63) is 65.8 Å². The van der Waals surface area contributed by atoms with E-state index in [1.54, 1.807) is 31.5 Å². The lowest BCUT2D eigenvalue weighted by Crippen LogP contribution is -1.93. The van der Waals surface area contributed by atoms with Gasteiger partial charge in [0.15, 0.2) is 0 Å². The Kier molecular flexibility index (Phi) is 4.35. The van der Waals surface area contributed by atoms with E-state index in [1.165, 1.54) is 0 Å². The highest BCUT2D eigenvalue weighted by Gasteiger charge is 2.06. The number of benzene rings is 2. The average Bonchev–Trinajstić information content (AvgIpc) is 2.58. The lowest BCUT2D eigenvalue weighted by molar-refractivity contribution is 0.409. The van der Waals surface area contributed by atoms with Crippen LogP contribution in [-0.4, -0.2) is 12.1 Å². The van der Waals surface area contributed by atoms with Crippen LogP contribution in [0.1, 0.15) is 0 Å². The second-order valence-electron chi connectivity index (χ2n) is 4.86. The number of hydrogen-bond acceptors (Lipinski definition) is 4. The summed E-state index contributed by atoms with van der Waals surface area (Å²) in [5.41, 5.74) is 7.77. The minimum atomic E-state index is 0.503. The molecule has 0 saturated carbocycles. The van der Waals surface area contributed by atoms with Crippen molar-refractivity contribution >= 4 is 17.4 Å². The quantitative estimate of drug-likeness (QED) is 0.749. The molecule has 23 heavy (non-hydrogen) atoms. The predicted molar refractivity (Wildman–Crippen MR) is 92.2 cm³/mol. The van der Waals surface area contributed by atoms with E-state index in [4.69, 9.17) is 26.8 Å². The maximum Gasteiger partial charge on any atom is 0.141 e. The SMILES string of the molecule is COc1cc(Oc2ccc(-c3cccnc3N)cc2)ccc1Cl. The topological polar surface area (TPSA) is 57.4 Å². The highest BCUT2D eigenvalue weighted by Crippen LogP contribution is 2.32. The number of nitrogen functional groups attached to an aromatic ring is 1. The molecule has 3 rings (SSSR count). The van der Waals surface area contributed by atoms with Crippen molar-refractivity contribution in [2.45, 2.75) is 0 Å². The van der Waals surface area contributed by atoms with Crippen LogP contribution >= 0.6 is 11.6 Å². The highest BCUT2D eigenvalue weighted by atomic mass is 35.5. The molecule has 2 N–H and O–H groups in total. The Labute approximate surface area is 139 Å². The molecule has 3 aromatic rings. The summed E-state index contributed by atoms with van der Waals surface area (Å²) in [5, 5.41) is 0.544. The summed E-state index contributed by atoms with van der Waals surface area (Å²) in [6.07, 6.45) is 1.67. The number of nitrogens with zero attached hydrogens (tertiary/aromatic N) is 1. The molecule has 4 nitrogen and oxygen atoms in total. The van der Waals surface area contributed by atoms with Gasteiger partial charge in [-0.05, 0) is 42.0 Å². The Morgan fingerprint density at radius 1 is 1.00 bits per heavy atom. The first-order chi connectivity index (χ1) is 11.2. The van der Waals surface area contributed by atoms with E-state index >= 15 is 0 Å². The lowest BCUT2D eigenvalue weighted by atomic mass is 10.1. The molecule has 0 saturated heterocycles. The molecule has 0 aliphatic heterocycles. The van der Waals surface area contributed by atoms with Crippen molar-refractivity contribution in [2.24, 2.45) is 0 Å². The Bertz CT molecular complexity index is 820. The zero-order chi connectivity index (χ0) is 16.2. The molecule has 1 heterocycles. The zero-order valence-corrected chi connectivity index (χ0v) is 13.2. The van der Waals surface area contributed by atoms with Gasteiger partial charge in [-0.2, -0.15) is 0 Å². The summed E-state index contributed by atoms with van der Waals surface area (Å²) in [5.74, 6) is 2.44. The van der Waals surface area contributed by atoms with Crippen LogP contribution in [0.3, 0.4) is 0 Å². The van der Waals surface area contributed by atoms with E-state index in [1.807, 2.05) is 36.4 Å². The predicted octanol–water partition coefficient (Wildman–Crippen LogP) is 4.79. The summed E-state index contributed by atoms with van der Waals surface area (Å²) in [6, 6.07) is 16.7. The van der Waals surface area contributed by atoms with Crippen LogP contribution in [0.4, 0.5) is 5.82 Å². The third kappa shape index (κ3) is 3.38. The maximum atomic E-state index is 6.00. The summed E-state index contributed by atoms with van der Waals surface area (Å²) >= 11 is 6.00. The molecule has 0 amide bonds. The number of rotatable bonds is 4. The normalized spacial score (nSPS) is 10.3. The molecule has 2 aromatic carbocycles. The number of halogens is 1. The fourth-order valence-corrected chi connectivity index (χ4v) is 2.40. The molecular formula is C18H15ClN2O2. The minimum Gasteiger partial charge on any atom is -0.495 e. The Morgan fingerprint density at radius 3 is 2.43 bits per heavy atom. The van der Waals surface area contributed by atoms with Crippen molar-refractivity contribution in [3.63, 3.8) is 0 Å². The van der Waals surface area contributed by atoms with Crippen LogP contribution in [0.5, 0.6) is 17.2 Å². The van der Waals surface area contributed by atoms with Crippen LogP contribution in [0.25, 0.3) is 11.1 Å². The second-order valence-corrected chi connectivity index (χ2v) is 5.27. The van der Waals surface area contributed by atoms with Crippen LogP contribution < -0.4 is 15.2 Å². The zero-order valence-electron chi connectivity index (χ0n) is 12.5. The van der Waals surface area contributed by atoms with Gasteiger partial charge in [0.25, 0.3) is 0 Å². The summed E-state index contributed by atoms with van der Waals surface area (Å²) in [7, 11) is 1.57. The summed E-state index contributed by atoms with van der Waals surface area (Å²) < 4.78 is 11.0. The fraction of sp³-hybridized carbons (Fsp3) is 0.0556. The number of aromatic nitrogens is 1. The van der Waals surface area contributed by atoms with Gasteiger partial charge in [-0.25, -0.2) is 4.98 Å². The van der Waals surface area contributed by atoms with E-state index < -0.39 is 0 Å². The lowest BCUT2D eigenvalue weighted by Gasteiger charge is -2.10. The number of pyridine rings is 1. The van der Waals surface area contributed by atoms with Crippen molar-refractivity contribution in [2.75, 3.05) is 12.8 Å². The highest BCUT2D eigenvalue weighted by molar-refractivity contribution is 6.32. The average molecular weight is 327 g/mol. The molecular weight excluding hydrogens is 312 g/mol. The molecule has 0 bridgehead atoms. The largest absolute Gasteiger partial charge is 0.495 e. The molecule has 116 valence electrons. The number of nitrogens with two attached hydrogens (primary N) is 1. The van der Waals surface area contributed by atoms with Gasteiger partial charge in [0.05, 0.1) is 12.1 Å². The van der Waals surface area contributed by atoms with E-state index in [-0.39, 0.29) is 0 Å². The van der Waals surface area contributed by atoms with E-state index in [2.05, 4.69) is 4.98 Å². The van der Waals surface area contributed by atoms with Gasteiger partial charge in [0.2, 0.25) is 0 Å². The third-order valence-corrected chi connectivity index (χ3v) is 3.67. The fourth-order valence-electron chi connectivity index (χ4n) is 2.20. The molecule has 0 atom stereocenters. The molecule has 0 spiro atoms. The van der Waals surface area contributed by atoms with Gasteiger partial charge < -0.3 is 15.2 Å². The van der Waals surface area contributed by atoms with E-state index in [0.29, 0.717) is 28.1 Å².